The van der Waals surface area contributed by atoms with Crippen molar-refractivity contribution in [2.75, 3.05) is 57.1 Å². The van der Waals surface area contributed by atoms with Crippen LogP contribution in [0.5, 0.6) is 5.75 Å². The van der Waals surface area contributed by atoms with E-state index in [0.29, 0.717) is 37.6 Å². The highest BCUT2D eigenvalue weighted by atomic mass is 19.1. The number of carbonyl (C=O) groups is 2. The fraction of sp³-hybridized carbons (Fsp3) is 0.391. The summed E-state index contributed by atoms with van der Waals surface area (Å²) in [5.41, 5.74) is 0.707. The Kier molecular flexibility index (Phi) is 6.95. The Morgan fingerprint density at radius 3 is 2.48 bits per heavy atom. The monoisotopic (exact) mass is 458 g/mol. The summed E-state index contributed by atoms with van der Waals surface area (Å²) in [6.45, 7) is 1.66. The average molecular weight is 458 g/mol. The predicted molar refractivity (Wildman–Crippen MR) is 120 cm³/mol. The highest BCUT2D eigenvalue weighted by Crippen LogP contribution is 2.26. The maximum Gasteiger partial charge on any atom is 0.322 e. The molecule has 2 aromatic rings. The molecule has 2 N–H and O–H groups in total. The summed E-state index contributed by atoms with van der Waals surface area (Å²) in [6, 6.07) is 12.3. The van der Waals surface area contributed by atoms with Crippen molar-refractivity contribution in [3.8, 4) is 5.75 Å². The number of methoxy groups -OCH3 is 1. The van der Waals surface area contributed by atoms with E-state index < -0.39 is 17.6 Å². The minimum Gasteiger partial charge on any atom is -0.497 e. The molecule has 1 spiro atoms. The molecule has 1 atom stereocenters. The second-order valence-electron chi connectivity index (χ2n) is 7.88. The van der Waals surface area contributed by atoms with Crippen LogP contribution in [0.15, 0.2) is 48.5 Å². The molecule has 2 fully saturated rings. The van der Waals surface area contributed by atoms with Gasteiger partial charge in [-0.15, -0.1) is 0 Å². The Morgan fingerprint density at radius 1 is 0.970 bits per heavy atom. The van der Waals surface area contributed by atoms with Crippen molar-refractivity contribution in [2.45, 2.75) is 12.2 Å². The molecule has 2 aliphatic rings. The van der Waals surface area contributed by atoms with Crippen LogP contribution in [0.3, 0.4) is 0 Å². The second kappa shape index (κ2) is 10.1. The van der Waals surface area contributed by atoms with Gasteiger partial charge in [-0.3, -0.25) is 0 Å². The molecule has 0 saturated carbocycles. The number of ether oxygens (including phenoxy) is 3. The number of nitrogens with one attached hydrogen (secondary N) is 2. The number of carbonyl (C=O) groups excluding carboxylic acids is 2. The molecule has 176 valence electrons. The van der Waals surface area contributed by atoms with E-state index in [1.807, 2.05) is 0 Å². The fourth-order valence-corrected chi connectivity index (χ4v) is 3.88. The van der Waals surface area contributed by atoms with Crippen LogP contribution in [0, 0.1) is 5.82 Å². The van der Waals surface area contributed by atoms with Crippen LogP contribution in [-0.2, 0) is 9.47 Å². The molecular formula is C23H27FN4O5. The summed E-state index contributed by atoms with van der Waals surface area (Å²) in [7, 11) is 1.56. The maximum atomic E-state index is 13.9. The van der Waals surface area contributed by atoms with Gasteiger partial charge in [-0.25, -0.2) is 14.0 Å². The summed E-state index contributed by atoms with van der Waals surface area (Å²) in [5, 5.41) is 5.46. The van der Waals surface area contributed by atoms with Crippen LogP contribution in [0.4, 0.5) is 25.4 Å². The number of hydrogen-bond donors (Lipinski definition) is 2. The Bertz CT molecular complexity index is 1010. The maximum absolute atomic E-state index is 13.9. The Labute approximate surface area is 191 Å². The van der Waals surface area contributed by atoms with Crippen LogP contribution >= 0.6 is 0 Å². The van der Waals surface area contributed by atoms with Gasteiger partial charge in [-0.05, 0) is 30.7 Å². The number of morpholine rings is 1. The van der Waals surface area contributed by atoms with Gasteiger partial charge in [0.05, 0.1) is 39.1 Å². The zero-order valence-electron chi connectivity index (χ0n) is 18.4. The van der Waals surface area contributed by atoms with Gasteiger partial charge >= 0.3 is 12.1 Å². The van der Waals surface area contributed by atoms with E-state index in [2.05, 4.69) is 10.6 Å². The Hall–Kier alpha value is -3.37. The van der Waals surface area contributed by atoms with Gasteiger partial charge in [0.15, 0.2) is 0 Å². The van der Waals surface area contributed by atoms with Gasteiger partial charge in [0.25, 0.3) is 0 Å². The first-order chi connectivity index (χ1) is 16.0. The SMILES string of the molecule is COc1cccc(NC(=O)N2CCCOC3(C2)CN(C(=O)Nc2ccccc2F)CCO3)c1. The minimum absolute atomic E-state index is 0.101. The fourth-order valence-electron chi connectivity index (χ4n) is 3.88. The quantitative estimate of drug-likeness (QED) is 0.736. The third-order valence-corrected chi connectivity index (χ3v) is 5.54. The summed E-state index contributed by atoms with van der Waals surface area (Å²) in [4.78, 5) is 28.9. The Morgan fingerprint density at radius 2 is 1.70 bits per heavy atom. The van der Waals surface area contributed by atoms with Crippen molar-refractivity contribution in [1.82, 2.24) is 9.80 Å². The lowest BCUT2D eigenvalue weighted by Gasteiger charge is -2.42. The zero-order chi connectivity index (χ0) is 23.3. The first-order valence-electron chi connectivity index (χ1n) is 10.8. The summed E-state index contributed by atoms with van der Waals surface area (Å²) < 4.78 is 31.1. The van der Waals surface area contributed by atoms with Crippen LogP contribution in [-0.4, -0.2) is 74.2 Å². The Balaban J connectivity index is 1.43. The number of anilines is 2. The molecule has 0 aromatic heterocycles. The van der Waals surface area contributed by atoms with E-state index in [-0.39, 0.29) is 31.4 Å². The molecule has 4 rings (SSSR count). The highest BCUT2D eigenvalue weighted by Gasteiger charge is 2.43. The third kappa shape index (κ3) is 5.52. The second-order valence-corrected chi connectivity index (χ2v) is 7.88. The number of para-hydroxylation sites is 1. The van der Waals surface area contributed by atoms with Crippen molar-refractivity contribution < 1.29 is 28.2 Å². The summed E-state index contributed by atoms with van der Waals surface area (Å²) in [6.07, 6.45) is 0.623. The van der Waals surface area contributed by atoms with E-state index in [1.165, 1.54) is 17.0 Å². The minimum atomic E-state index is -1.16. The van der Waals surface area contributed by atoms with Gasteiger partial charge < -0.3 is 34.6 Å². The van der Waals surface area contributed by atoms with Crippen molar-refractivity contribution >= 4 is 23.4 Å². The molecule has 2 aliphatic heterocycles. The van der Waals surface area contributed by atoms with E-state index >= 15 is 0 Å². The van der Waals surface area contributed by atoms with E-state index in [1.54, 1.807) is 48.4 Å². The number of benzene rings is 2. The molecule has 2 heterocycles. The van der Waals surface area contributed by atoms with E-state index in [4.69, 9.17) is 14.2 Å². The molecule has 0 radical (unpaired) electrons. The molecule has 10 heteroatoms. The molecule has 2 aromatic carbocycles. The van der Waals surface area contributed by atoms with Gasteiger partial charge in [-0.1, -0.05) is 18.2 Å². The van der Waals surface area contributed by atoms with Crippen molar-refractivity contribution in [3.63, 3.8) is 0 Å². The molecule has 0 aliphatic carbocycles. The van der Waals surface area contributed by atoms with Crippen LogP contribution < -0.4 is 15.4 Å². The lowest BCUT2D eigenvalue weighted by atomic mass is 10.2. The standard InChI is InChI=1S/C23H27FN4O5/c1-31-18-7-4-6-17(14-18)25-21(29)27-10-5-12-32-23(15-27)16-28(11-13-33-23)22(30)26-20-9-3-2-8-19(20)24/h2-4,6-9,14H,5,10-13,15-16H2,1H3,(H,25,29)(H,26,30). The number of rotatable bonds is 3. The number of urea groups is 2. The number of nitrogens with zero attached hydrogens (tertiary/aromatic N) is 2. The first-order valence-corrected chi connectivity index (χ1v) is 10.8. The molecule has 33 heavy (non-hydrogen) atoms. The van der Waals surface area contributed by atoms with Gasteiger partial charge in [0, 0.05) is 24.8 Å². The largest absolute Gasteiger partial charge is 0.497 e. The average Bonchev–Trinajstić information content (AvgIpc) is 3.03. The topological polar surface area (TPSA) is 92.4 Å². The molecule has 0 bridgehead atoms. The smallest absolute Gasteiger partial charge is 0.322 e. The molecule has 1 unspecified atom stereocenters. The summed E-state index contributed by atoms with van der Waals surface area (Å²) in [5.74, 6) is -1.04. The summed E-state index contributed by atoms with van der Waals surface area (Å²) >= 11 is 0. The normalized spacial score (nSPS) is 20.8. The lowest BCUT2D eigenvalue weighted by molar-refractivity contribution is -0.258. The highest BCUT2D eigenvalue weighted by molar-refractivity contribution is 5.90. The lowest BCUT2D eigenvalue weighted by Crippen LogP contribution is -2.60. The zero-order valence-corrected chi connectivity index (χ0v) is 18.4. The third-order valence-electron chi connectivity index (χ3n) is 5.54. The molecule has 9 nitrogen and oxygen atoms in total. The van der Waals surface area contributed by atoms with Crippen molar-refractivity contribution in [1.29, 1.82) is 0 Å². The van der Waals surface area contributed by atoms with Crippen LogP contribution in [0.2, 0.25) is 0 Å². The number of halogens is 1. The number of hydrogen-bond acceptors (Lipinski definition) is 5. The molecular weight excluding hydrogens is 431 g/mol. The number of amides is 4. The van der Waals surface area contributed by atoms with Gasteiger partial charge in [0.2, 0.25) is 5.79 Å². The van der Waals surface area contributed by atoms with Gasteiger partial charge in [0.1, 0.15) is 11.6 Å². The van der Waals surface area contributed by atoms with Crippen LogP contribution in [0.25, 0.3) is 0 Å². The molecule has 4 amide bonds. The molecule has 2 saturated heterocycles. The predicted octanol–water partition coefficient (Wildman–Crippen LogP) is 3.35. The first kappa shape index (κ1) is 22.8. The van der Waals surface area contributed by atoms with Crippen molar-refractivity contribution in [2.24, 2.45) is 0 Å². The van der Waals surface area contributed by atoms with E-state index in [9.17, 15) is 14.0 Å². The van der Waals surface area contributed by atoms with Crippen LogP contribution in [0.1, 0.15) is 6.42 Å². The van der Waals surface area contributed by atoms with Gasteiger partial charge in [-0.2, -0.15) is 0 Å². The van der Waals surface area contributed by atoms with Crippen molar-refractivity contribution in [3.05, 3.63) is 54.3 Å². The van der Waals surface area contributed by atoms with E-state index in [0.717, 1.165) is 0 Å².